The van der Waals surface area contributed by atoms with E-state index in [9.17, 15) is 34.5 Å². The number of hydrogen-bond donors (Lipinski definition) is 5. The van der Waals surface area contributed by atoms with Crippen LogP contribution in [0.3, 0.4) is 0 Å². The van der Waals surface area contributed by atoms with Crippen LogP contribution in [-0.4, -0.2) is 93.6 Å². The minimum absolute atomic E-state index is 0.229. The number of anilines is 1. The van der Waals surface area contributed by atoms with E-state index < -0.39 is 71.9 Å². The number of nitrogens with one attached hydrogen (secondary N) is 2. The molecule has 0 unspecified atom stereocenters. The van der Waals surface area contributed by atoms with Crippen LogP contribution in [0.2, 0.25) is 0 Å². The van der Waals surface area contributed by atoms with Crippen LogP contribution in [0.4, 0.5) is 10.6 Å². The number of carbonyl (C=O) groups is 3. The first-order valence-electron chi connectivity index (χ1n) is 17.3. The van der Waals surface area contributed by atoms with Crippen LogP contribution in [0.1, 0.15) is 50.1 Å². The van der Waals surface area contributed by atoms with Crippen molar-refractivity contribution in [2.24, 2.45) is 0 Å². The number of aliphatic hydroxyl groups excluding tert-OH is 2. The van der Waals surface area contributed by atoms with E-state index in [4.69, 9.17) is 23.7 Å². The zero-order chi connectivity index (χ0) is 39.9. The molecular formula is C39H44N4O12. The number of amides is 2. The van der Waals surface area contributed by atoms with Gasteiger partial charge in [-0.3, -0.25) is 9.36 Å². The first-order valence-corrected chi connectivity index (χ1v) is 17.3. The largest absolute Gasteiger partial charge is 0.497 e. The van der Waals surface area contributed by atoms with Crippen LogP contribution >= 0.6 is 0 Å². The molecule has 1 saturated heterocycles. The van der Waals surface area contributed by atoms with Crippen molar-refractivity contribution in [3.8, 4) is 11.5 Å². The standard InChI is InChI=1S/C39H44N4O12/c1-38(2,3)55-37(50)40-28(35(47)48)21-31(44)41-30-19-20-43(36(49)42-30)34-33(46)32(45)29(54-34)22-53-39(23-9-7-6-8-10-23,24-11-15-26(51-4)16-12-24)25-13-17-27(52-5)18-14-25/h6-20,28-29,32-34,45-46H,21-22H2,1-5H3,(H,40,50)(H,47,48)(H,41,42,44,49)/t28-,29-,32-,33+,34-/m1/s1. The van der Waals surface area contributed by atoms with E-state index in [0.717, 1.165) is 21.3 Å². The van der Waals surface area contributed by atoms with Crippen LogP contribution in [0.5, 0.6) is 11.5 Å². The lowest BCUT2D eigenvalue weighted by Crippen LogP contribution is -2.45. The third kappa shape index (κ3) is 9.47. The van der Waals surface area contributed by atoms with E-state index in [0.29, 0.717) is 11.5 Å². The normalized spacial score (nSPS) is 18.9. The zero-order valence-corrected chi connectivity index (χ0v) is 30.9. The van der Waals surface area contributed by atoms with Gasteiger partial charge >= 0.3 is 17.8 Å². The number of alkyl carbamates (subject to hydrolysis) is 1. The molecule has 2 heterocycles. The molecule has 2 amide bonds. The molecule has 1 aromatic heterocycles. The number of hydrogen-bond acceptors (Lipinski definition) is 12. The molecule has 1 fully saturated rings. The van der Waals surface area contributed by atoms with Crippen molar-refractivity contribution in [1.29, 1.82) is 0 Å². The highest BCUT2D eigenvalue weighted by molar-refractivity contribution is 5.94. The summed E-state index contributed by atoms with van der Waals surface area (Å²) in [5.41, 5.74) is -0.906. The van der Waals surface area contributed by atoms with E-state index in [1.807, 2.05) is 54.6 Å². The summed E-state index contributed by atoms with van der Waals surface area (Å²) >= 11 is 0. The summed E-state index contributed by atoms with van der Waals surface area (Å²) in [6.45, 7) is 4.53. The maximum atomic E-state index is 13.2. The van der Waals surface area contributed by atoms with Crippen molar-refractivity contribution in [1.82, 2.24) is 14.9 Å². The minimum Gasteiger partial charge on any atom is -0.497 e. The van der Waals surface area contributed by atoms with Gasteiger partial charge in [-0.25, -0.2) is 14.4 Å². The van der Waals surface area contributed by atoms with Crippen molar-refractivity contribution < 1.29 is 53.4 Å². The second-order valence-corrected chi connectivity index (χ2v) is 13.7. The number of carboxylic acids is 1. The van der Waals surface area contributed by atoms with E-state index in [1.165, 1.54) is 12.3 Å². The Kier molecular flexibility index (Phi) is 12.6. The van der Waals surface area contributed by atoms with Crippen LogP contribution in [-0.2, 0) is 29.4 Å². The third-order valence-corrected chi connectivity index (χ3v) is 8.72. The third-order valence-electron chi connectivity index (χ3n) is 8.72. The van der Waals surface area contributed by atoms with Crippen LogP contribution < -0.4 is 25.8 Å². The smallest absolute Gasteiger partial charge is 0.408 e. The van der Waals surface area contributed by atoms with E-state index >= 15 is 0 Å². The number of benzene rings is 3. The van der Waals surface area contributed by atoms with Crippen molar-refractivity contribution >= 4 is 23.8 Å². The van der Waals surface area contributed by atoms with Gasteiger partial charge in [-0.1, -0.05) is 54.6 Å². The van der Waals surface area contributed by atoms with Gasteiger partial charge in [0.05, 0.1) is 27.2 Å². The Morgan fingerprint density at radius 3 is 1.93 bits per heavy atom. The maximum absolute atomic E-state index is 13.2. The van der Waals surface area contributed by atoms with E-state index in [1.54, 1.807) is 59.3 Å². The Hall–Kier alpha value is -5.81. The maximum Gasteiger partial charge on any atom is 0.408 e. The number of methoxy groups -OCH3 is 2. The van der Waals surface area contributed by atoms with Crippen LogP contribution in [0, 0.1) is 0 Å². The lowest BCUT2D eigenvalue weighted by Gasteiger charge is -2.37. The van der Waals surface area contributed by atoms with Crippen molar-refractivity contribution in [3.05, 3.63) is 118 Å². The summed E-state index contributed by atoms with van der Waals surface area (Å²) < 4.78 is 29.7. The summed E-state index contributed by atoms with van der Waals surface area (Å²) in [5.74, 6) is -1.32. The molecule has 3 aromatic carbocycles. The van der Waals surface area contributed by atoms with Crippen LogP contribution in [0.15, 0.2) is 95.9 Å². The summed E-state index contributed by atoms with van der Waals surface area (Å²) in [5, 5.41) is 36.2. The monoisotopic (exact) mass is 760 g/mol. The van der Waals surface area contributed by atoms with Gasteiger partial charge in [0.15, 0.2) is 6.23 Å². The van der Waals surface area contributed by atoms with Crippen LogP contribution in [0.25, 0.3) is 0 Å². The first kappa shape index (κ1) is 40.4. The fraction of sp³-hybridized carbons (Fsp3) is 0.359. The second kappa shape index (κ2) is 17.1. The lowest BCUT2D eigenvalue weighted by atomic mass is 9.80. The molecule has 1 aliphatic heterocycles. The molecular weight excluding hydrogens is 716 g/mol. The Bertz CT molecular complexity index is 1950. The highest BCUT2D eigenvalue weighted by Gasteiger charge is 2.47. The number of aliphatic carboxylic acids is 1. The zero-order valence-electron chi connectivity index (χ0n) is 30.9. The highest BCUT2D eigenvalue weighted by atomic mass is 16.6. The Morgan fingerprint density at radius 1 is 0.855 bits per heavy atom. The number of aromatic nitrogens is 2. The Balaban J connectivity index is 1.35. The minimum atomic E-state index is -1.63. The van der Waals surface area contributed by atoms with E-state index in [2.05, 4.69) is 15.6 Å². The number of nitrogens with zero attached hydrogens (tertiary/aromatic N) is 2. The van der Waals surface area contributed by atoms with Gasteiger partial charge in [-0.2, -0.15) is 4.98 Å². The summed E-state index contributed by atoms with van der Waals surface area (Å²) in [6, 6.07) is 23.7. The molecule has 0 aliphatic carbocycles. The van der Waals surface area contributed by atoms with Crippen molar-refractivity contribution in [2.75, 3.05) is 26.1 Å². The molecule has 5 N–H and O–H groups in total. The first-order chi connectivity index (χ1) is 26.1. The number of aliphatic hydroxyl groups is 2. The van der Waals surface area contributed by atoms with Gasteiger partial charge in [-0.05, 0) is 67.8 Å². The molecule has 0 bridgehead atoms. The fourth-order valence-corrected chi connectivity index (χ4v) is 6.08. The molecule has 5 atom stereocenters. The lowest BCUT2D eigenvalue weighted by molar-refractivity contribution is -0.141. The average molecular weight is 761 g/mol. The van der Waals surface area contributed by atoms with Gasteiger partial charge in [-0.15, -0.1) is 0 Å². The summed E-state index contributed by atoms with van der Waals surface area (Å²) in [6.07, 6.45) is -6.13. The molecule has 16 nitrogen and oxygen atoms in total. The molecule has 5 rings (SSSR count). The number of ether oxygens (including phenoxy) is 5. The van der Waals surface area contributed by atoms with Gasteiger partial charge in [0.25, 0.3) is 0 Å². The second-order valence-electron chi connectivity index (χ2n) is 13.7. The molecule has 0 spiro atoms. The SMILES string of the molecule is COc1ccc(C(OC[C@H]2O[C@@H](n3ccc(NC(=O)C[C@@H](NC(=O)OC(C)(C)C)C(=O)O)nc3=O)[C@@H](O)[C@@H]2O)(c2ccccc2)c2ccc(OC)cc2)cc1. The molecule has 0 saturated carbocycles. The number of carbonyl (C=O) groups excluding carboxylic acids is 2. The highest BCUT2D eigenvalue weighted by Crippen LogP contribution is 2.42. The predicted molar refractivity (Wildman–Crippen MR) is 197 cm³/mol. The Morgan fingerprint density at radius 2 is 1.42 bits per heavy atom. The molecule has 0 radical (unpaired) electrons. The average Bonchev–Trinajstić information content (AvgIpc) is 3.43. The van der Waals surface area contributed by atoms with Gasteiger partial charge < -0.3 is 49.6 Å². The summed E-state index contributed by atoms with van der Waals surface area (Å²) in [4.78, 5) is 53.4. The number of rotatable bonds is 14. The van der Waals surface area contributed by atoms with Gasteiger partial charge in [0.1, 0.15) is 52.9 Å². The van der Waals surface area contributed by atoms with Gasteiger partial charge in [0, 0.05) is 6.20 Å². The molecule has 55 heavy (non-hydrogen) atoms. The predicted octanol–water partition coefficient (Wildman–Crippen LogP) is 3.19. The van der Waals surface area contributed by atoms with Crippen molar-refractivity contribution in [3.63, 3.8) is 0 Å². The van der Waals surface area contributed by atoms with E-state index in [-0.39, 0.29) is 12.4 Å². The topological polar surface area (TPSA) is 217 Å². The molecule has 4 aromatic rings. The van der Waals surface area contributed by atoms with Gasteiger partial charge in [0.2, 0.25) is 5.91 Å². The quantitative estimate of drug-likeness (QED) is 0.117. The molecule has 1 aliphatic rings. The Labute approximate surface area is 316 Å². The van der Waals surface area contributed by atoms with Crippen molar-refractivity contribution in [2.45, 2.75) is 69.0 Å². The molecule has 16 heteroatoms. The number of carboxylic acid groups (broad SMARTS) is 1. The summed E-state index contributed by atoms with van der Waals surface area (Å²) in [7, 11) is 3.13. The molecule has 292 valence electrons. The fourth-order valence-electron chi connectivity index (χ4n) is 6.08.